The van der Waals surface area contributed by atoms with E-state index in [0.717, 1.165) is 24.5 Å². The van der Waals surface area contributed by atoms with Crippen LogP contribution >= 0.6 is 0 Å². The molecule has 2 aliphatic rings. The molecule has 1 amide bonds. The van der Waals surface area contributed by atoms with Gasteiger partial charge >= 0.3 is 0 Å². The molecule has 0 radical (unpaired) electrons. The van der Waals surface area contributed by atoms with Crippen LogP contribution in [0, 0.1) is 17.6 Å². The van der Waals surface area contributed by atoms with Crippen molar-refractivity contribution < 1.29 is 23.1 Å². The molecule has 5 nitrogen and oxygen atoms in total. The molecular weight excluding hydrogens is 402 g/mol. The van der Waals surface area contributed by atoms with Crippen molar-refractivity contribution in [1.29, 1.82) is 0 Å². The maximum Gasteiger partial charge on any atom is 0.224 e. The van der Waals surface area contributed by atoms with Crippen LogP contribution in [0.4, 0.5) is 8.78 Å². The van der Waals surface area contributed by atoms with Crippen LogP contribution in [0.1, 0.15) is 34.3 Å². The van der Waals surface area contributed by atoms with E-state index in [4.69, 9.17) is 4.74 Å². The molecular formula is C24H26F2N2O3. The summed E-state index contributed by atoms with van der Waals surface area (Å²) in [5.41, 5.74) is 2.19. The molecule has 0 bridgehead atoms. The van der Waals surface area contributed by atoms with E-state index in [1.165, 1.54) is 6.07 Å². The topological polar surface area (TPSA) is 58.6 Å². The second kappa shape index (κ2) is 9.66. The number of benzene rings is 2. The Kier molecular flexibility index (Phi) is 6.73. The van der Waals surface area contributed by atoms with E-state index in [-0.39, 0.29) is 30.1 Å². The average molecular weight is 428 g/mol. The van der Waals surface area contributed by atoms with Gasteiger partial charge in [0.2, 0.25) is 5.91 Å². The van der Waals surface area contributed by atoms with Crippen LogP contribution in [0.15, 0.2) is 42.5 Å². The van der Waals surface area contributed by atoms with Gasteiger partial charge in [0.15, 0.2) is 17.4 Å². The van der Waals surface area contributed by atoms with Gasteiger partial charge in [-0.3, -0.25) is 14.5 Å². The first-order valence-electron chi connectivity index (χ1n) is 10.7. The molecule has 0 aromatic heterocycles. The summed E-state index contributed by atoms with van der Waals surface area (Å²) in [6.07, 6.45) is 1.94. The summed E-state index contributed by atoms with van der Waals surface area (Å²) in [6.45, 7) is 2.64. The normalized spacial score (nSPS) is 19.2. The summed E-state index contributed by atoms with van der Waals surface area (Å²) in [4.78, 5) is 26.7. The van der Waals surface area contributed by atoms with Gasteiger partial charge in [-0.2, -0.15) is 0 Å². The van der Waals surface area contributed by atoms with Gasteiger partial charge in [0.05, 0.1) is 19.1 Å². The maximum atomic E-state index is 13.4. The second-order valence-electron chi connectivity index (χ2n) is 8.30. The van der Waals surface area contributed by atoms with Gasteiger partial charge in [-0.1, -0.05) is 24.3 Å². The summed E-state index contributed by atoms with van der Waals surface area (Å²) in [5.74, 6) is -1.51. The fourth-order valence-corrected chi connectivity index (χ4v) is 3.84. The molecule has 2 fully saturated rings. The molecule has 7 heteroatoms. The lowest BCUT2D eigenvalue weighted by Gasteiger charge is -2.33. The highest BCUT2D eigenvalue weighted by molar-refractivity contribution is 5.99. The monoisotopic (exact) mass is 428 g/mol. The number of nitrogens with zero attached hydrogens (tertiary/aromatic N) is 1. The number of nitrogens with one attached hydrogen (secondary N) is 1. The molecule has 1 N–H and O–H groups in total. The van der Waals surface area contributed by atoms with Crippen LogP contribution in [-0.2, 0) is 22.5 Å². The Morgan fingerprint density at radius 3 is 2.68 bits per heavy atom. The predicted octanol–water partition coefficient (Wildman–Crippen LogP) is 3.12. The third-order valence-electron chi connectivity index (χ3n) is 5.66. The molecule has 1 atom stereocenters. The van der Waals surface area contributed by atoms with Crippen molar-refractivity contribution in [2.24, 2.45) is 5.92 Å². The fourth-order valence-electron chi connectivity index (χ4n) is 3.84. The number of carbonyl (C=O) groups is 2. The lowest BCUT2D eigenvalue weighted by molar-refractivity contribution is -0.121. The highest BCUT2D eigenvalue weighted by atomic mass is 19.2. The number of rotatable bonds is 8. The van der Waals surface area contributed by atoms with Gasteiger partial charge in [-0.05, 0) is 42.2 Å². The molecule has 2 aromatic rings. The first-order chi connectivity index (χ1) is 15.0. The third-order valence-corrected chi connectivity index (χ3v) is 5.66. The van der Waals surface area contributed by atoms with Crippen molar-refractivity contribution in [2.45, 2.75) is 31.9 Å². The standard InChI is InChI=1S/C24H26F2N2O3/c25-21-7-4-17(11-22(21)26)14-28-8-9-31-20(15-28)13-27-23(29)12-16-2-1-3-19(10-16)24(30)18-5-6-18/h1-4,7,10-11,18,20H,5-6,8-9,12-15H2,(H,27,29)/t20-/m0/s1. The Morgan fingerprint density at radius 1 is 1.06 bits per heavy atom. The molecule has 2 aromatic carbocycles. The van der Waals surface area contributed by atoms with Crippen molar-refractivity contribution in [3.8, 4) is 0 Å². The molecule has 1 aliphatic carbocycles. The van der Waals surface area contributed by atoms with Crippen LogP contribution in [0.25, 0.3) is 0 Å². The van der Waals surface area contributed by atoms with Crippen molar-refractivity contribution in [3.05, 3.63) is 70.8 Å². The third kappa shape index (κ3) is 5.95. The molecule has 1 saturated carbocycles. The van der Waals surface area contributed by atoms with Crippen LogP contribution in [0.5, 0.6) is 0 Å². The van der Waals surface area contributed by atoms with E-state index >= 15 is 0 Å². The number of morpholine rings is 1. The average Bonchev–Trinajstić information content (AvgIpc) is 3.60. The summed E-state index contributed by atoms with van der Waals surface area (Å²) in [5, 5.41) is 2.90. The number of halogens is 2. The van der Waals surface area contributed by atoms with E-state index < -0.39 is 11.6 Å². The molecule has 0 unspecified atom stereocenters. The molecule has 164 valence electrons. The van der Waals surface area contributed by atoms with Crippen LogP contribution in [0.3, 0.4) is 0 Å². The maximum absolute atomic E-state index is 13.4. The molecule has 1 heterocycles. The number of carbonyl (C=O) groups excluding carboxylic acids is 2. The molecule has 1 saturated heterocycles. The smallest absolute Gasteiger partial charge is 0.224 e. The van der Waals surface area contributed by atoms with Gasteiger partial charge in [0.1, 0.15) is 0 Å². The molecule has 1 aliphatic heterocycles. The van der Waals surface area contributed by atoms with Gasteiger partial charge in [-0.25, -0.2) is 8.78 Å². The lowest BCUT2D eigenvalue weighted by atomic mass is 10.0. The number of ketones is 1. The van der Waals surface area contributed by atoms with E-state index in [1.807, 2.05) is 12.1 Å². The zero-order valence-electron chi connectivity index (χ0n) is 17.3. The van der Waals surface area contributed by atoms with Gasteiger partial charge in [-0.15, -0.1) is 0 Å². The highest BCUT2D eigenvalue weighted by Gasteiger charge is 2.30. The van der Waals surface area contributed by atoms with E-state index in [1.54, 1.807) is 18.2 Å². The number of Topliss-reactive ketones (excluding diaryl/α,β-unsaturated/α-hetero) is 1. The second-order valence-corrected chi connectivity index (χ2v) is 8.30. The van der Waals surface area contributed by atoms with Crippen molar-refractivity contribution in [3.63, 3.8) is 0 Å². The fraction of sp³-hybridized carbons (Fsp3) is 0.417. The number of hydrogen-bond acceptors (Lipinski definition) is 4. The minimum absolute atomic E-state index is 0.127. The molecule has 4 rings (SSSR count). The Balaban J connectivity index is 1.25. The van der Waals surface area contributed by atoms with Crippen LogP contribution < -0.4 is 5.32 Å². The molecule has 31 heavy (non-hydrogen) atoms. The quantitative estimate of drug-likeness (QED) is 0.657. The van der Waals surface area contributed by atoms with Gasteiger partial charge in [0, 0.05) is 37.7 Å². The van der Waals surface area contributed by atoms with Crippen molar-refractivity contribution >= 4 is 11.7 Å². The summed E-state index contributed by atoms with van der Waals surface area (Å²) >= 11 is 0. The summed E-state index contributed by atoms with van der Waals surface area (Å²) in [6, 6.07) is 11.2. The van der Waals surface area contributed by atoms with E-state index in [0.29, 0.717) is 43.9 Å². The number of hydrogen-bond donors (Lipinski definition) is 1. The Morgan fingerprint density at radius 2 is 1.90 bits per heavy atom. The Labute approximate surface area is 180 Å². The van der Waals surface area contributed by atoms with Crippen molar-refractivity contribution in [1.82, 2.24) is 10.2 Å². The summed E-state index contributed by atoms with van der Waals surface area (Å²) in [7, 11) is 0. The summed E-state index contributed by atoms with van der Waals surface area (Å²) < 4.78 is 32.3. The van der Waals surface area contributed by atoms with Crippen molar-refractivity contribution in [2.75, 3.05) is 26.2 Å². The number of amides is 1. The largest absolute Gasteiger partial charge is 0.374 e. The van der Waals surface area contributed by atoms with Gasteiger partial charge < -0.3 is 10.1 Å². The zero-order chi connectivity index (χ0) is 21.8. The van der Waals surface area contributed by atoms with E-state index in [9.17, 15) is 18.4 Å². The van der Waals surface area contributed by atoms with Crippen LogP contribution in [-0.4, -0.2) is 48.9 Å². The van der Waals surface area contributed by atoms with E-state index in [2.05, 4.69) is 10.2 Å². The van der Waals surface area contributed by atoms with Gasteiger partial charge in [0.25, 0.3) is 0 Å². The predicted molar refractivity (Wildman–Crippen MR) is 112 cm³/mol. The minimum atomic E-state index is -0.853. The number of ether oxygens (including phenoxy) is 1. The Bertz CT molecular complexity index is 962. The first kappa shape index (κ1) is 21.6. The lowest BCUT2D eigenvalue weighted by Crippen LogP contribution is -2.47. The van der Waals surface area contributed by atoms with Crippen LogP contribution in [0.2, 0.25) is 0 Å². The zero-order valence-corrected chi connectivity index (χ0v) is 17.3. The minimum Gasteiger partial charge on any atom is -0.374 e. The first-order valence-corrected chi connectivity index (χ1v) is 10.7. The SMILES string of the molecule is O=C(Cc1cccc(C(=O)C2CC2)c1)NC[C@H]1CN(Cc2ccc(F)c(F)c2)CCO1. The highest BCUT2D eigenvalue weighted by Crippen LogP contribution is 2.32. The Hall–Kier alpha value is -2.64. The molecule has 0 spiro atoms.